The number of anilines is 2. The molecule has 4 aromatic rings. The average Bonchev–Trinajstić information content (AvgIpc) is 3.34. The van der Waals surface area contributed by atoms with Crippen LogP contribution in [0.15, 0.2) is 84.3 Å². The van der Waals surface area contributed by atoms with E-state index in [-0.39, 0.29) is 5.91 Å². The number of nitrogens with zero attached hydrogens (tertiary/aromatic N) is 3. The van der Waals surface area contributed by atoms with Crippen molar-refractivity contribution in [3.8, 4) is 5.75 Å². The third-order valence-corrected chi connectivity index (χ3v) is 6.81. The minimum absolute atomic E-state index is 0.195. The van der Waals surface area contributed by atoms with Crippen molar-refractivity contribution < 1.29 is 9.53 Å². The normalized spacial score (nSPS) is 14.7. The van der Waals surface area contributed by atoms with Gasteiger partial charge in [0.2, 0.25) is 5.95 Å². The summed E-state index contributed by atoms with van der Waals surface area (Å²) in [7, 11) is 0. The quantitative estimate of drug-likeness (QED) is 0.337. The van der Waals surface area contributed by atoms with Crippen LogP contribution in [0.4, 0.5) is 11.6 Å². The number of fused-ring (bicyclic) bond motifs is 1. The van der Waals surface area contributed by atoms with Crippen LogP contribution in [0.5, 0.6) is 5.75 Å². The summed E-state index contributed by atoms with van der Waals surface area (Å²) in [6.45, 7) is 6.27. The number of amides is 1. The van der Waals surface area contributed by atoms with Crippen molar-refractivity contribution in [2.24, 2.45) is 0 Å². The Morgan fingerprint density at radius 1 is 1.06 bits per heavy atom. The van der Waals surface area contributed by atoms with Gasteiger partial charge in [-0.05, 0) is 61.7 Å². The first kappa shape index (κ1) is 23.6. The first-order valence-electron chi connectivity index (χ1n) is 11.6. The van der Waals surface area contributed by atoms with Crippen molar-refractivity contribution in [3.05, 3.63) is 112 Å². The molecule has 0 radical (unpaired) electrons. The lowest BCUT2D eigenvalue weighted by atomic mass is 9.94. The molecule has 1 aliphatic heterocycles. The molecule has 5 rings (SSSR count). The Morgan fingerprint density at radius 3 is 2.61 bits per heavy atom. The Kier molecular flexibility index (Phi) is 6.48. The van der Waals surface area contributed by atoms with E-state index in [1.165, 1.54) is 6.33 Å². The second kappa shape index (κ2) is 9.87. The summed E-state index contributed by atoms with van der Waals surface area (Å²) >= 11 is 6.25. The van der Waals surface area contributed by atoms with E-state index in [1.807, 2.05) is 87.5 Å². The van der Waals surface area contributed by atoms with Crippen molar-refractivity contribution in [2.45, 2.75) is 33.4 Å². The number of nitrogens with one attached hydrogen (secondary N) is 2. The Hall–Kier alpha value is -4.10. The van der Waals surface area contributed by atoms with Gasteiger partial charge in [0.15, 0.2) is 0 Å². The van der Waals surface area contributed by atoms with Gasteiger partial charge in [0.05, 0.1) is 5.57 Å². The molecular weight excluding hydrogens is 474 g/mol. The van der Waals surface area contributed by atoms with E-state index >= 15 is 0 Å². The highest BCUT2D eigenvalue weighted by Crippen LogP contribution is 2.36. The molecule has 0 fully saturated rings. The van der Waals surface area contributed by atoms with Gasteiger partial charge >= 0.3 is 0 Å². The molecule has 0 saturated carbocycles. The fourth-order valence-corrected chi connectivity index (χ4v) is 4.48. The zero-order valence-electron chi connectivity index (χ0n) is 20.2. The van der Waals surface area contributed by atoms with E-state index in [0.29, 0.717) is 28.9 Å². The third-order valence-electron chi connectivity index (χ3n) is 6.44. The Morgan fingerprint density at radius 2 is 1.83 bits per heavy atom. The van der Waals surface area contributed by atoms with Gasteiger partial charge in [0, 0.05) is 22.0 Å². The molecule has 7 nitrogen and oxygen atoms in total. The molecule has 0 saturated heterocycles. The largest absolute Gasteiger partial charge is 0.489 e. The van der Waals surface area contributed by atoms with Crippen LogP contribution in [0.3, 0.4) is 0 Å². The Bertz CT molecular complexity index is 1460. The average molecular weight is 500 g/mol. The van der Waals surface area contributed by atoms with Crippen LogP contribution in [-0.4, -0.2) is 20.7 Å². The molecule has 1 aliphatic rings. The SMILES string of the molecule is CC1=C(C(=O)Nc2cccc(C)c2C)C(c2ccc(OCc3ccccc3Cl)cc2)n2ncnc2N1. The molecule has 1 amide bonds. The Balaban J connectivity index is 1.43. The number of halogens is 1. The van der Waals surface area contributed by atoms with Gasteiger partial charge in [-0.15, -0.1) is 0 Å². The lowest BCUT2D eigenvalue weighted by Gasteiger charge is -2.29. The highest BCUT2D eigenvalue weighted by atomic mass is 35.5. The zero-order valence-corrected chi connectivity index (χ0v) is 21.0. The van der Waals surface area contributed by atoms with Crippen molar-refractivity contribution in [1.29, 1.82) is 0 Å². The molecule has 182 valence electrons. The lowest BCUT2D eigenvalue weighted by Crippen LogP contribution is -2.31. The fraction of sp³-hybridized carbons (Fsp3) is 0.179. The number of hydrogen-bond acceptors (Lipinski definition) is 5. The van der Waals surface area contributed by atoms with Crippen LogP contribution in [0.2, 0.25) is 5.02 Å². The number of allylic oxidation sites excluding steroid dienone is 1. The number of benzene rings is 3. The third kappa shape index (κ3) is 4.57. The fourth-order valence-electron chi connectivity index (χ4n) is 4.29. The molecule has 2 heterocycles. The topological polar surface area (TPSA) is 81.1 Å². The first-order valence-corrected chi connectivity index (χ1v) is 12.0. The maximum atomic E-state index is 13.6. The summed E-state index contributed by atoms with van der Waals surface area (Å²) in [4.78, 5) is 17.9. The molecule has 0 spiro atoms. The van der Waals surface area contributed by atoms with Gasteiger partial charge in [-0.1, -0.05) is 54.1 Å². The van der Waals surface area contributed by atoms with Crippen molar-refractivity contribution in [2.75, 3.05) is 10.6 Å². The first-order chi connectivity index (χ1) is 17.4. The summed E-state index contributed by atoms with van der Waals surface area (Å²) in [5, 5.41) is 11.4. The van der Waals surface area contributed by atoms with Crippen molar-refractivity contribution >= 4 is 29.1 Å². The van der Waals surface area contributed by atoms with Gasteiger partial charge in [-0.3, -0.25) is 4.79 Å². The number of ether oxygens (including phenoxy) is 1. The van der Waals surface area contributed by atoms with E-state index in [4.69, 9.17) is 16.3 Å². The summed E-state index contributed by atoms with van der Waals surface area (Å²) in [5.41, 5.74) is 6.03. The summed E-state index contributed by atoms with van der Waals surface area (Å²) < 4.78 is 7.67. The van der Waals surface area contributed by atoms with E-state index < -0.39 is 6.04 Å². The van der Waals surface area contributed by atoms with Gasteiger partial charge in [0.1, 0.15) is 24.7 Å². The minimum atomic E-state index is -0.452. The second-order valence-electron chi connectivity index (χ2n) is 8.75. The number of aryl methyl sites for hydroxylation is 1. The highest BCUT2D eigenvalue weighted by molar-refractivity contribution is 6.31. The molecule has 1 atom stereocenters. The molecule has 36 heavy (non-hydrogen) atoms. The number of carbonyl (C=O) groups is 1. The summed E-state index contributed by atoms with van der Waals surface area (Å²) in [6, 6.07) is 20.7. The van der Waals surface area contributed by atoms with E-state index in [1.54, 1.807) is 4.68 Å². The maximum Gasteiger partial charge on any atom is 0.255 e. The molecule has 0 bridgehead atoms. The van der Waals surface area contributed by atoms with Crippen LogP contribution in [-0.2, 0) is 11.4 Å². The molecule has 2 N–H and O–H groups in total. The van der Waals surface area contributed by atoms with Crippen LogP contribution < -0.4 is 15.4 Å². The molecular formula is C28H26ClN5O2. The second-order valence-corrected chi connectivity index (χ2v) is 9.15. The maximum absolute atomic E-state index is 13.6. The van der Waals surface area contributed by atoms with Gasteiger partial charge in [0.25, 0.3) is 5.91 Å². The van der Waals surface area contributed by atoms with Crippen molar-refractivity contribution in [1.82, 2.24) is 14.8 Å². The van der Waals surface area contributed by atoms with Gasteiger partial charge < -0.3 is 15.4 Å². The predicted octanol–water partition coefficient (Wildman–Crippen LogP) is 6.05. The minimum Gasteiger partial charge on any atom is -0.489 e. The number of carbonyl (C=O) groups excluding carboxylic acids is 1. The Labute approximate surface area is 214 Å². The lowest BCUT2D eigenvalue weighted by molar-refractivity contribution is -0.113. The summed E-state index contributed by atoms with van der Waals surface area (Å²) in [5.74, 6) is 1.09. The van der Waals surface area contributed by atoms with E-state index in [2.05, 4.69) is 20.7 Å². The highest BCUT2D eigenvalue weighted by Gasteiger charge is 2.33. The van der Waals surface area contributed by atoms with Crippen LogP contribution in [0, 0.1) is 13.8 Å². The molecule has 3 aromatic carbocycles. The van der Waals surface area contributed by atoms with Crippen LogP contribution in [0.1, 0.15) is 35.2 Å². The molecule has 1 unspecified atom stereocenters. The predicted molar refractivity (Wildman–Crippen MR) is 141 cm³/mol. The zero-order chi connectivity index (χ0) is 25.2. The molecule has 0 aliphatic carbocycles. The molecule has 1 aromatic heterocycles. The van der Waals surface area contributed by atoms with Crippen LogP contribution in [0.25, 0.3) is 0 Å². The number of hydrogen-bond donors (Lipinski definition) is 2. The van der Waals surface area contributed by atoms with Gasteiger partial charge in [-0.25, -0.2) is 4.68 Å². The summed E-state index contributed by atoms with van der Waals surface area (Å²) in [6.07, 6.45) is 1.48. The monoisotopic (exact) mass is 499 g/mol. The van der Waals surface area contributed by atoms with Gasteiger partial charge in [-0.2, -0.15) is 10.1 Å². The number of rotatable bonds is 6. The standard InChI is InChI=1S/C28H26ClN5O2/c1-17-7-6-10-24(18(17)2)33-27(35)25-19(3)32-28-30-16-31-34(28)26(25)20-11-13-22(14-12-20)36-15-21-8-4-5-9-23(21)29/h4-14,16,26H,15H2,1-3H3,(H,33,35)(H,30,31,32). The van der Waals surface area contributed by atoms with Crippen molar-refractivity contribution in [3.63, 3.8) is 0 Å². The number of aromatic nitrogens is 3. The van der Waals surface area contributed by atoms with E-state index in [9.17, 15) is 4.79 Å². The van der Waals surface area contributed by atoms with Crippen LogP contribution >= 0.6 is 11.6 Å². The molecule has 8 heteroatoms. The smallest absolute Gasteiger partial charge is 0.255 e. The van der Waals surface area contributed by atoms with E-state index in [0.717, 1.165) is 33.6 Å².